The Labute approximate surface area is 167 Å². The summed E-state index contributed by atoms with van der Waals surface area (Å²) in [6, 6.07) is 9.12. The number of carbonyl (C=O) groups excluding carboxylic acids is 1. The summed E-state index contributed by atoms with van der Waals surface area (Å²) in [5.41, 5.74) is 1.04. The first-order valence-corrected chi connectivity index (χ1v) is 9.50. The summed E-state index contributed by atoms with van der Waals surface area (Å²) in [6.07, 6.45) is 0. The van der Waals surface area contributed by atoms with E-state index in [2.05, 4.69) is 4.98 Å². The number of thiazole rings is 1. The van der Waals surface area contributed by atoms with Gasteiger partial charge in [0.1, 0.15) is 27.5 Å². The molecule has 28 heavy (non-hydrogen) atoms. The van der Waals surface area contributed by atoms with Crippen molar-refractivity contribution < 1.29 is 18.7 Å². The number of hydrogen-bond acceptors (Lipinski definition) is 6. The third-order valence-corrected chi connectivity index (χ3v) is 5.33. The molecule has 0 N–H and O–H groups in total. The topological polar surface area (TPSA) is 54.9 Å². The Kier molecular flexibility index (Phi) is 6.11. The number of fused-ring (bicyclic) bond motifs is 1. The maximum absolute atomic E-state index is 13.3. The highest BCUT2D eigenvalue weighted by Gasteiger charge is 2.23. The molecule has 0 spiro atoms. The van der Waals surface area contributed by atoms with Crippen molar-refractivity contribution in [2.45, 2.75) is 0 Å². The predicted octanol–water partition coefficient (Wildman–Crippen LogP) is 3.66. The van der Waals surface area contributed by atoms with Crippen LogP contribution >= 0.6 is 11.3 Å². The lowest BCUT2D eigenvalue weighted by molar-refractivity contribution is 0.0985. The number of aromatic nitrogens is 1. The Morgan fingerprint density at radius 2 is 1.68 bits per heavy atom. The van der Waals surface area contributed by atoms with Crippen LogP contribution in [0.5, 0.6) is 11.5 Å². The van der Waals surface area contributed by atoms with Gasteiger partial charge in [-0.1, -0.05) is 11.3 Å². The molecular formula is C20H22FN3O3S. The predicted molar refractivity (Wildman–Crippen MR) is 109 cm³/mol. The van der Waals surface area contributed by atoms with E-state index in [1.807, 2.05) is 25.1 Å². The molecule has 1 amide bonds. The lowest BCUT2D eigenvalue weighted by Gasteiger charge is -2.22. The number of benzene rings is 2. The molecule has 0 saturated carbocycles. The molecule has 3 aromatic rings. The summed E-state index contributed by atoms with van der Waals surface area (Å²) >= 11 is 1.36. The minimum atomic E-state index is -0.383. The van der Waals surface area contributed by atoms with Crippen molar-refractivity contribution >= 4 is 32.6 Å². The second-order valence-corrected chi connectivity index (χ2v) is 7.39. The first-order valence-electron chi connectivity index (χ1n) is 8.68. The van der Waals surface area contributed by atoms with Crippen LogP contribution in [0.25, 0.3) is 10.2 Å². The van der Waals surface area contributed by atoms with Crippen LogP contribution in [0.15, 0.2) is 36.4 Å². The number of ether oxygens (including phenoxy) is 2. The second-order valence-electron chi connectivity index (χ2n) is 6.41. The molecule has 148 valence electrons. The van der Waals surface area contributed by atoms with Crippen LogP contribution < -0.4 is 14.4 Å². The van der Waals surface area contributed by atoms with Crippen LogP contribution in [-0.2, 0) is 0 Å². The summed E-state index contributed by atoms with van der Waals surface area (Å²) in [6.45, 7) is 1.09. The van der Waals surface area contributed by atoms with Gasteiger partial charge in [0.05, 0.1) is 14.2 Å². The molecule has 0 fully saturated rings. The minimum Gasteiger partial charge on any atom is -0.495 e. The molecular weight excluding hydrogens is 381 g/mol. The summed E-state index contributed by atoms with van der Waals surface area (Å²) in [7, 11) is 7.04. The van der Waals surface area contributed by atoms with Gasteiger partial charge in [0.15, 0.2) is 5.13 Å². The van der Waals surface area contributed by atoms with Crippen LogP contribution in [0.2, 0.25) is 0 Å². The van der Waals surface area contributed by atoms with Gasteiger partial charge in [0, 0.05) is 18.7 Å². The van der Waals surface area contributed by atoms with E-state index in [0.29, 0.717) is 40.8 Å². The molecule has 0 unspecified atom stereocenters. The Balaban J connectivity index is 2.06. The highest BCUT2D eigenvalue weighted by Crippen LogP contribution is 2.40. The normalized spacial score (nSPS) is 11.1. The van der Waals surface area contributed by atoms with Crippen molar-refractivity contribution in [3.8, 4) is 11.5 Å². The van der Waals surface area contributed by atoms with Gasteiger partial charge in [0.2, 0.25) is 0 Å². The number of likely N-dealkylation sites (N-methyl/N-ethyl adjacent to an activating group) is 1. The van der Waals surface area contributed by atoms with Crippen LogP contribution in [0.4, 0.5) is 9.52 Å². The van der Waals surface area contributed by atoms with Crippen LogP contribution in [0, 0.1) is 5.82 Å². The van der Waals surface area contributed by atoms with Gasteiger partial charge in [0.25, 0.3) is 5.91 Å². The zero-order chi connectivity index (χ0) is 20.3. The minimum absolute atomic E-state index is 0.237. The smallest absolute Gasteiger partial charge is 0.260 e. The molecule has 3 rings (SSSR count). The number of amides is 1. The Bertz CT molecular complexity index is 932. The number of rotatable bonds is 7. The Morgan fingerprint density at radius 1 is 1.04 bits per heavy atom. The molecule has 0 atom stereocenters. The number of methoxy groups -OCH3 is 2. The fraction of sp³-hybridized carbons (Fsp3) is 0.300. The summed E-state index contributed by atoms with van der Waals surface area (Å²) < 4.78 is 24.9. The molecule has 0 aliphatic rings. The first-order chi connectivity index (χ1) is 13.4. The van der Waals surface area contributed by atoms with Gasteiger partial charge in [-0.15, -0.1) is 0 Å². The van der Waals surface area contributed by atoms with Gasteiger partial charge in [-0.2, -0.15) is 0 Å². The van der Waals surface area contributed by atoms with Crippen molar-refractivity contribution in [2.24, 2.45) is 0 Å². The largest absolute Gasteiger partial charge is 0.495 e. The first kappa shape index (κ1) is 20.0. The van der Waals surface area contributed by atoms with Crippen molar-refractivity contribution in [3.63, 3.8) is 0 Å². The maximum atomic E-state index is 13.3. The fourth-order valence-corrected chi connectivity index (χ4v) is 3.82. The van der Waals surface area contributed by atoms with E-state index in [9.17, 15) is 9.18 Å². The quantitative estimate of drug-likeness (QED) is 0.603. The Hall–Kier alpha value is -2.71. The molecule has 1 aromatic heterocycles. The van der Waals surface area contributed by atoms with Gasteiger partial charge in [-0.25, -0.2) is 9.37 Å². The van der Waals surface area contributed by atoms with E-state index in [1.54, 1.807) is 25.2 Å². The molecule has 0 aliphatic carbocycles. The third kappa shape index (κ3) is 4.07. The van der Waals surface area contributed by atoms with E-state index >= 15 is 0 Å². The van der Waals surface area contributed by atoms with Crippen LogP contribution in [0.3, 0.4) is 0 Å². The van der Waals surface area contributed by atoms with Crippen LogP contribution in [0.1, 0.15) is 10.4 Å². The summed E-state index contributed by atoms with van der Waals surface area (Å²) in [4.78, 5) is 21.4. The van der Waals surface area contributed by atoms with Gasteiger partial charge in [-0.05, 0) is 50.5 Å². The van der Waals surface area contributed by atoms with E-state index < -0.39 is 0 Å². The molecule has 1 heterocycles. The summed E-state index contributed by atoms with van der Waals surface area (Å²) in [5.74, 6) is 0.658. The van der Waals surface area contributed by atoms with E-state index in [0.717, 1.165) is 4.70 Å². The Morgan fingerprint density at radius 3 is 2.29 bits per heavy atom. The van der Waals surface area contributed by atoms with E-state index in [-0.39, 0.29) is 11.7 Å². The zero-order valence-corrected chi connectivity index (χ0v) is 17.0. The molecule has 0 saturated heterocycles. The molecule has 8 heteroatoms. The zero-order valence-electron chi connectivity index (χ0n) is 16.2. The SMILES string of the molecule is COc1ccc(OC)c2sc(N(CCN(C)C)C(=O)c3ccc(F)cc3)nc12. The van der Waals surface area contributed by atoms with Crippen LogP contribution in [-0.4, -0.2) is 57.2 Å². The fourth-order valence-electron chi connectivity index (χ4n) is 2.72. The van der Waals surface area contributed by atoms with Crippen molar-refractivity contribution in [2.75, 3.05) is 46.3 Å². The van der Waals surface area contributed by atoms with E-state index in [4.69, 9.17) is 9.47 Å². The number of nitrogens with zero attached hydrogens (tertiary/aromatic N) is 3. The number of anilines is 1. The average molecular weight is 403 g/mol. The maximum Gasteiger partial charge on any atom is 0.260 e. The lowest BCUT2D eigenvalue weighted by atomic mass is 10.2. The van der Waals surface area contributed by atoms with Crippen molar-refractivity contribution in [3.05, 3.63) is 47.8 Å². The monoisotopic (exact) mass is 403 g/mol. The summed E-state index contributed by atoms with van der Waals surface area (Å²) in [5, 5.41) is 0.536. The average Bonchev–Trinajstić information content (AvgIpc) is 3.12. The molecule has 2 aromatic carbocycles. The number of hydrogen-bond donors (Lipinski definition) is 0. The number of halogens is 1. The van der Waals surface area contributed by atoms with Gasteiger partial charge in [-0.3, -0.25) is 9.69 Å². The standard InChI is InChI=1S/C20H22FN3O3S/c1-23(2)11-12-24(19(25)13-5-7-14(21)8-6-13)20-22-17-15(26-3)9-10-16(27-4)18(17)28-20/h5-10H,11-12H2,1-4H3. The molecule has 0 aliphatic heterocycles. The highest BCUT2D eigenvalue weighted by molar-refractivity contribution is 7.22. The van der Waals surface area contributed by atoms with Gasteiger partial charge >= 0.3 is 0 Å². The second kappa shape index (κ2) is 8.53. The highest BCUT2D eigenvalue weighted by atomic mass is 32.1. The molecule has 6 nitrogen and oxygen atoms in total. The molecule has 0 radical (unpaired) electrons. The third-order valence-electron chi connectivity index (χ3n) is 4.24. The lowest BCUT2D eigenvalue weighted by Crippen LogP contribution is -2.36. The van der Waals surface area contributed by atoms with Gasteiger partial charge < -0.3 is 14.4 Å². The van der Waals surface area contributed by atoms with Crippen molar-refractivity contribution in [1.82, 2.24) is 9.88 Å². The number of carbonyl (C=O) groups is 1. The molecule has 0 bridgehead atoms. The van der Waals surface area contributed by atoms with Crippen molar-refractivity contribution in [1.29, 1.82) is 0 Å². The van der Waals surface area contributed by atoms with E-state index in [1.165, 1.54) is 35.6 Å².